The minimum Gasteiger partial charge on any atom is -0.457 e. The van der Waals surface area contributed by atoms with Gasteiger partial charge < -0.3 is 19.3 Å². The van der Waals surface area contributed by atoms with Crippen molar-refractivity contribution < 1.29 is 33.7 Å². The summed E-state index contributed by atoms with van der Waals surface area (Å²) in [5.74, 6) is -3.29. The van der Waals surface area contributed by atoms with E-state index < -0.39 is 53.7 Å². The summed E-state index contributed by atoms with van der Waals surface area (Å²) in [6.07, 6.45) is 1.28. The lowest BCUT2D eigenvalue weighted by Crippen LogP contribution is -2.47. The molecule has 1 aliphatic heterocycles. The molecule has 1 fully saturated rings. The Bertz CT molecular complexity index is 819. The van der Waals surface area contributed by atoms with Gasteiger partial charge in [0.2, 0.25) is 0 Å². The molecule has 0 amide bonds. The maximum atomic E-state index is 12.6. The number of aliphatic hydroxyl groups is 1. The van der Waals surface area contributed by atoms with E-state index in [1.54, 1.807) is 32.9 Å². The normalized spacial score (nSPS) is 36.8. The van der Waals surface area contributed by atoms with Crippen LogP contribution < -0.4 is 0 Å². The fourth-order valence-electron chi connectivity index (χ4n) is 4.42. The first kappa shape index (κ1) is 21.3. The molecule has 3 aliphatic rings. The van der Waals surface area contributed by atoms with E-state index in [1.165, 1.54) is 6.92 Å². The first-order valence-electron chi connectivity index (χ1n) is 9.89. The first-order chi connectivity index (χ1) is 13.5. The van der Waals surface area contributed by atoms with Crippen LogP contribution >= 0.6 is 0 Å². The van der Waals surface area contributed by atoms with Crippen LogP contribution in [0.15, 0.2) is 35.5 Å². The number of ether oxygens (including phenoxy) is 3. The smallest absolute Gasteiger partial charge is 0.334 e. The van der Waals surface area contributed by atoms with E-state index in [2.05, 4.69) is 6.58 Å². The van der Waals surface area contributed by atoms with Crippen molar-refractivity contribution in [2.24, 2.45) is 17.8 Å². The SMILES string of the molecule is C=C1C(=O)OC2C1C(OC(=O)C(C)CC)C(OC(C)=O)C(C)=C1C=CC(C)(O)C12. The third-order valence-corrected chi connectivity index (χ3v) is 6.25. The lowest BCUT2D eigenvalue weighted by Gasteiger charge is -2.34. The highest BCUT2D eigenvalue weighted by molar-refractivity contribution is 5.91. The molecule has 1 saturated heterocycles. The Kier molecular flexibility index (Phi) is 5.47. The van der Waals surface area contributed by atoms with E-state index in [-0.39, 0.29) is 11.5 Å². The summed E-state index contributed by atoms with van der Waals surface area (Å²) in [6, 6.07) is 0. The first-order valence-corrected chi connectivity index (χ1v) is 9.89. The Balaban J connectivity index is 2.15. The molecule has 2 aliphatic carbocycles. The Morgan fingerprint density at radius 3 is 2.62 bits per heavy atom. The van der Waals surface area contributed by atoms with Crippen LogP contribution in [0.4, 0.5) is 0 Å². The summed E-state index contributed by atoms with van der Waals surface area (Å²) in [7, 11) is 0. The van der Waals surface area contributed by atoms with Gasteiger partial charge in [0, 0.05) is 12.5 Å². The van der Waals surface area contributed by atoms with Gasteiger partial charge in [-0.05, 0) is 31.4 Å². The molecular weight excluding hydrogens is 376 g/mol. The summed E-state index contributed by atoms with van der Waals surface area (Å²) in [4.78, 5) is 36.9. The minimum atomic E-state index is -1.28. The van der Waals surface area contributed by atoms with E-state index in [0.717, 1.165) is 0 Å². The van der Waals surface area contributed by atoms with Crippen molar-refractivity contribution in [1.29, 1.82) is 0 Å². The molecule has 0 aromatic carbocycles. The highest BCUT2D eigenvalue weighted by Gasteiger charge is 2.59. The van der Waals surface area contributed by atoms with Crippen LogP contribution in [0.25, 0.3) is 0 Å². The molecule has 7 atom stereocenters. The monoisotopic (exact) mass is 404 g/mol. The molecule has 1 N–H and O–H groups in total. The average molecular weight is 404 g/mol. The van der Waals surface area contributed by atoms with Crippen molar-refractivity contribution in [1.82, 2.24) is 0 Å². The average Bonchev–Trinajstić information content (AvgIpc) is 3.08. The summed E-state index contributed by atoms with van der Waals surface area (Å²) < 4.78 is 17.0. The van der Waals surface area contributed by atoms with Crippen LogP contribution in [-0.4, -0.2) is 46.9 Å². The van der Waals surface area contributed by atoms with E-state index >= 15 is 0 Å². The Morgan fingerprint density at radius 2 is 2.03 bits per heavy atom. The second kappa shape index (κ2) is 7.44. The number of esters is 3. The highest BCUT2D eigenvalue weighted by Crippen LogP contribution is 2.50. The predicted molar refractivity (Wildman–Crippen MR) is 103 cm³/mol. The lowest BCUT2D eigenvalue weighted by atomic mass is 9.78. The van der Waals surface area contributed by atoms with Gasteiger partial charge in [-0.15, -0.1) is 0 Å². The maximum Gasteiger partial charge on any atom is 0.334 e. The largest absolute Gasteiger partial charge is 0.457 e. The highest BCUT2D eigenvalue weighted by atomic mass is 16.6. The van der Waals surface area contributed by atoms with Gasteiger partial charge in [-0.2, -0.15) is 0 Å². The van der Waals surface area contributed by atoms with Crippen LogP contribution in [-0.2, 0) is 28.6 Å². The van der Waals surface area contributed by atoms with E-state index in [0.29, 0.717) is 17.6 Å². The molecule has 7 unspecified atom stereocenters. The fraction of sp³-hybridized carbons (Fsp3) is 0.591. The minimum absolute atomic E-state index is 0.144. The zero-order valence-electron chi connectivity index (χ0n) is 17.4. The molecule has 3 rings (SSSR count). The van der Waals surface area contributed by atoms with Gasteiger partial charge in [-0.25, -0.2) is 4.79 Å². The zero-order chi connectivity index (χ0) is 21.7. The van der Waals surface area contributed by atoms with E-state index in [4.69, 9.17) is 14.2 Å². The van der Waals surface area contributed by atoms with Crippen LogP contribution in [0.3, 0.4) is 0 Å². The topological polar surface area (TPSA) is 99.1 Å². The standard InChI is InChI=1S/C22H28O7/c1-7-10(2)20(24)29-19-15-12(4)21(25)28-18(15)16-14(8-9-22(16,6)26)11(3)17(19)27-13(5)23/h8-10,15-19,26H,4,7H2,1-3,5-6H3. The summed E-state index contributed by atoms with van der Waals surface area (Å²) in [6.45, 7) is 12.2. The van der Waals surface area contributed by atoms with Gasteiger partial charge in [0.25, 0.3) is 0 Å². The van der Waals surface area contributed by atoms with Crippen LogP contribution in [0.5, 0.6) is 0 Å². The third-order valence-electron chi connectivity index (χ3n) is 6.25. The van der Waals surface area contributed by atoms with Crippen molar-refractivity contribution in [3.8, 4) is 0 Å². The van der Waals surface area contributed by atoms with Gasteiger partial charge >= 0.3 is 17.9 Å². The molecule has 0 radical (unpaired) electrons. The van der Waals surface area contributed by atoms with Gasteiger partial charge in [-0.3, -0.25) is 9.59 Å². The molecule has 0 aromatic heterocycles. The molecule has 1 heterocycles. The molecule has 29 heavy (non-hydrogen) atoms. The molecule has 0 saturated carbocycles. The Hall–Kier alpha value is -2.41. The van der Waals surface area contributed by atoms with Gasteiger partial charge in [0.05, 0.1) is 23.4 Å². The summed E-state index contributed by atoms with van der Waals surface area (Å²) in [5.41, 5.74) is 0.229. The number of hydrogen-bond acceptors (Lipinski definition) is 7. The zero-order valence-corrected chi connectivity index (χ0v) is 17.4. The molecule has 7 nitrogen and oxygen atoms in total. The molecule has 7 heteroatoms. The quantitative estimate of drug-likeness (QED) is 0.436. The molecule has 158 valence electrons. The number of carbonyl (C=O) groups is 3. The Morgan fingerprint density at radius 1 is 1.38 bits per heavy atom. The second-order valence-electron chi connectivity index (χ2n) is 8.34. The molecular formula is C22H28O7. The van der Waals surface area contributed by atoms with Crippen molar-refractivity contribution in [3.05, 3.63) is 35.5 Å². The number of carbonyl (C=O) groups excluding carboxylic acids is 3. The molecule has 0 aromatic rings. The predicted octanol–water partition coefficient (Wildman–Crippen LogP) is 2.24. The fourth-order valence-corrected chi connectivity index (χ4v) is 4.42. The number of fused-ring (bicyclic) bond motifs is 3. The lowest BCUT2D eigenvalue weighted by molar-refractivity contribution is -0.172. The van der Waals surface area contributed by atoms with Crippen LogP contribution in [0, 0.1) is 17.8 Å². The van der Waals surface area contributed by atoms with Crippen molar-refractivity contribution in [3.63, 3.8) is 0 Å². The van der Waals surface area contributed by atoms with Crippen molar-refractivity contribution in [2.75, 3.05) is 0 Å². The van der Waals surface area contributed by atoms with Crippen molar-refractivity contribution >= 4 is 17.9 Å². The molecule has 0 spiro atoms. The second-order valence-corrected chi connectivity index (χ2v) is 8.34. The van der Waals surface area contributed by atoms with Gasteiger partial charge in [0.15, 0.2) is 12.2 Å². The van der Waals surface area contributed by atoms with E-state index in [1.807, 2.05) is 6.92 Å². The maximum absolute atomic E-state index is 12.6. The summed E-state index contributed by atoms with van der Waals surface area (Å²) >= 11 is 0. The number of allylic oxidation sites excluding steroid dienone is 1. The molecule has 0 bridgehead atoms. The third kappa shape index (κ3) is 3.52. The van der Waals surface area contributed by atoms with Crippen molar-refractivity contribution in [2.45, 2.75) is 65.0 Å². The van der Waals surface area contributed by atoms with Crippen LogP contribution in [0.1, 0.15) is 41.0 Å². The van der Waals surface area contributed by atoms with E-state index in [9.17, 15) is 19.5 Å². The van der Waals surface area contributed by atoms with Gasteiger partial charge in [-0.1, -0.05) is 32.6 Å². The van der Waals surface area contributed by atoms with Gasteiger partial charge in [0.1, 0.15) is 6.10 Å². The Labute approximate surface area is 170 Å². The summed E-state index contributed by atoms with van der Waals surface area (Å²) in [5, 5.41) is 11.0. The number of hydrogen-bond donors (Lipinski definition) is 1. The van der Waals surface area contributed by atoms with Crippen LogP contribution in [0.2, 0.25) is 0 Å². The number of rotatable bonds is 4.